The highest BCUT2D eigenvalue weighted by Gasteiger charge is 2.22. The van der Waals surface area contributed by atoms with Gasteiger partial charge in [0.2, 0.25) is 0 Å². The molecule has 0 unspecified atom stereocenters. The zero-order valence-corrected chi connectivity index (χ0v) is 11.3. The average Bonchev–Trinajstić information content (AvgIpc) is 2.40. The summed E-state index contributed by atoms with van der Waals surface area (Å²) in [6.07, 6.45) is 2.35. The van der Waals surface area contributed by atoms with E-state index < -0.39 is 12.3 Å². The van der Waals surface area contributed by atoms with Gasteiger partial charge in [0.1, 0.15) is 0 Å². The number of allylic oxidation sites excluding steroid dienone is 1. The van der Waals surface area contributed by atoms with E-state index in [1.165, 1.54) is 0 Å². The van der Waals surface area contributed by atoms with Crippen LogP contribution in [0.3, 0.4) is 0 Å². The van der Waals surface area contributed by atoms with Crippen molar-refractivity contribution in [2.75, 3.05) is 13.2 Å². The largest absolute Gasteiger partial charge is 0.478 e. The molecule has 1 heterocycles. The Morgan fingerprint density at radius 2 is 1.89 bits per heavy atom. The summed E-state index contributed by atoms with van der Waals surface area (Å²) >= 11 is 0. The Balaban J connectivity index is 0.00000180. The summed E-state index contributed by atoms with van der Waals surface area (Å²) in [6.45, 7) is 4.96. The molecule has 1 aromatic rings. The van der Waals surface area contributed by atoms with Crippen LogP contribution in [0.4, 0.5) is 0 Å². The number of ether oxygens (including phenoxy) is 2. The van der Waals surface area contributed by atoms with E-state index in [-0.39, 0.29) is 18.0 Å². The Hall–Kier alpha value is -1.36. The van der Waals surface area contributed by atoms with E-state index in [9.17, 15) is 4.79 Å². The van der Waals surface area contributed by atoms with Gasteiger partial charge in [0.15, 0.2) is 6.29 Å². The summed E-state index contributed by atoms with van der Waals surface area (Å²) in [7, 11) is 0. The van der Waals surface area contributed by atoms with Gasteiger partial charge in [-0.1, -0.05) is 18.2 Å². The van der Waals surface area contributed by atoms with E-state index in [4.69, 9.17) is 14.6 Å². The van der Waals surface area contributed by atoms with Gasteiger partial charge in [0, 0.05) is 11.5 Å². The minimum atomic E-state index is -0.932. The highest BCUT2D eigenvalue weighted by atomic mass is 35.5. The molecule has 0 saturated carbocycles. The smallest absolute Gasteiger partial charge is 0.335 e. The molecule has 2 rings (SSSR count). The zero-order valence-electron chi connectivity index (χ0n) is 10.5. The van der Waals surface area contributed by atoms with Crippen molar-refractivity contribution in [2.24, 2.45) is 5.92 Å². The fraction of sp³-hybridized carbons (Fsp3) is 0.357. The van der Waals surface area contributed by atoms with Gasteiger partial charge in [-0.05, 0) is 18.6 Å². The Kier molecular flexibility index (Phi) is 6.02. The first-order chi connectivity index (χ1) is 8.70. The molecule has 104 valence electrons. The molecule has 1 aliphatic heterocycles. The van der Waals surface area contributed by atoms with Gasteiger partial charge >= 0.3 is 5.97 Å². The lowest BCUT2D eigenvalue weighted by molar-refractivity contribution is -0.204. The molecule has 4 nitrogen and oxygen atoms in total. The molecular weight excluding hydrogens is 268 g/mol. The molecule has 0 radical (unpaired) electrons. The van der Waals surface area contributed by atoms with Crippen molar-refractivity contribution in [3.63, 3.8) is 0 Å². The van der Waals surface area contributed by atoms with Gasteiger partial charge in [-0.3, -0.25) is 0 Å². The lowest BCUT2D eigenvalue weighted by atomic mass is 10.1. The third-order valence-electron chi connectivity index (χ3n) is 2.90. The number of halogens is 1. The fourth-order valence-corrected chi connectivity index (χ4v) is 1.89. The molecule has 0 atom stereocenters. The number of carbonyl (C=O) groups is 1. The van der Waals surface area contributed by atoms with E-state index in [0.29, 0.717) is 19.1 Å². The minimum Gasteiger partial charge on any atom is -0.478 e. The summed E-state index contributed by atoms with van der Waals surface area (Å²) in [4.78, 5) is 10.7. The maximum atomic E-state index is 10.7. The molecule has 1 N–H and O–H groups in total. The van der Waals surface area contributed by atoms with Crippen molar-refractivity contribution >= 4 is 18.4 Å². The summed E-state index contributed by atoms with van der Waals surface area (Å²) in [5.41, 5.74) is 1.11. The molecule has 1 fully saturated rings. The van der Waals surface area contributed by atoms with Crippen LogP contribution in [0.5, 0.6) is 0 Å². The second-order valence-corrected chi connectivity index (χ2v) is 4.32. The first-order valence-electron chi connectivity index (χ1n) is 5.88. The first-order valence-corrected chi connectivity index (χ1v) is 5.88. The Morgan fingerprint density at radius 1 is 1.32 bits per heavy atom. The molecule has 1 saturated heterocycles. The van der Waals surface area contributed by atoms with Crippen molar-refractivity contribution in [2.45, 2.75) is 12.7 Å². The van der Waals surface area contributed by atoms with Gasteiger partial charge in [0.25, 0.3) is 0 Å². The Bertz CT molecular complexity index is 422. The predicted molar refractivity (Wildman–Crippen MR) is 73.6 cm³/mol. The van der Waals surface area contributed by atoms with E-state index in [0.717, 1.165) is 12.0 Å². The molecule has 1 aromatic carbocycles. The Morgan fingerprint density at radius 3 is 2.37 bits per heavy atom. The lowest BCUT2D eigenvalue weighted by Crippen LogP contribution is -2.26. The maximum absolute atomic E-state index is 10.7. The van der Waals surface area contributed by atoms with Gasteiger partial charge in [0.05, 0.1) is 18.8 Å². The van der Waals surface area contributed by atoms with E-state index in [1.54, 1.807) is 24.3 Å². The number of carboxylic acids is 1. The molecule has 5 heteroatoms. The maximum Gasteiger partial charge on any atom is 0.335 e. The zero-order chi connectivity index (χ0) is 13.0. The van der Waals surface area contributed by atoms with E-state index in [1.807, 2.05) is 6.08 Å². The molecule has 0 spiro atoms. The van der Waals surface area contributed by atoms with Crippen molar-refractivity contribution < 1.29 is 19.4 Å². The van der Waals surface area contributed by atoms with Crippen LogP contribution < -0.4 is 0 Å². The third-order valence-corrected chi connectivity index (χ3v) is 2.90. The van der Waals surface area contributed by atoms with Crippen LogP contribution in [0, 0.1) is 5.92 Å². The number of aromatic carboxylic acids is 1. The lowest BCUT2D eigenvalue weighted by Gasteiger charge is -2.29. The summed E-state index contributed by atoms with van der Waals surface area (Å²) in [5.74, 6) is -0.574. The minimum absolute atomic E-state index is 0. The molecule has 0 aliphatic carbocycles. The number of hydrogen-bond acceptors (Lipinski definition) is 3. The SMILES string of the molecule is C=CCC1COC(c2ccc(C(=O)O)cc2)OC1.Cl. The van der Waals surface area contributed by atoms with Crippen LogP contribution in [0.15, 0.2) is 36.9 Å². The van der Waals surface area contributed by atoms with Crippen molar-refractivity contribution in [1.29, 1.82) is 0 Å². The average molecular weight is 285 g/mol. The van der Waals surface area contributed by atoms with Crippen molar-refractivity contribution in [1.82, 2.24) is 0 Å². The van der Waals surface area contributed by atoms with Crippen LogP contribution in [-0.4, -0.2) is 24.3 Å². The van der Waals surface area contributed by atoms with Gasteiger partial charge in [-0.2, -0.15) is 0 Å². The molecule has 19 heavy (non-hydrogen) atoms. The Labute approximate surface area is 118 Å². The second-order valence-electron chi connectivity index (χ2n) is 4.32. The van der Waals surface area contributed by atoms with Crippen molar-refractivity contribution in [3.05, 3.63) is 48.0 Å². The standard InChI is InChI=1S/C14H16O4.ClH/c1-2-3-10-8-17-14(18-9-10)12-6-4-11(5-7-12)13(15)16;/h2,4-7,10,14H,1,3,8-9H2,(H,15,16);1H. The third kappa shape index (κ3) is 4.06. The van der Waals surface area contributed by atoms with E-state index >= 15 is 0 Å². The monoisotopic (exact) mass is 284 g/mol. The summed E-state index contributed by atoms with van der Waals surface area (Å²) in [5, 5.41) is 8.81. The van der Waals surface area contributed by atoms with Crippen LogP contribution in [-0.2, 0) is 9.47 Å². The number of carboxylic acid groups (broad SMARTS) is 1. The normalized spacial score (nSPS) is 22.3. The first kappa shape index (κ1) is 15.7. The summed E-state index contributed by atoms with van der Waals surface area (Å²) in [6, 6.07) is 6.56. The number of hydrogen-bond donors (Lipinski definition) is 1. The van der Waals surface area contributed by atoms with Gasteiger partial charge in [-0.15, -0.1) is 19.0 Å². The number of benzene rings is 1. The van der Waals surface area contributed by atoms with Crippen LogP contribution in [0.1, 0.15) is 28.6 Å². The van der Waals surface area contributed by atoms with Crippen LogP contribution >= 0.6 is 12.4 Å². The fourth-order valence-electron chi connectivity index (χ4n) is 1.89. The highest BCUT2D eigenvalue weighted by molar-refractivity contribution is 5.87. The molecule has 0 aromatic heterocycles. The topological polar surface area (TPSA) is 55.8 Å². The molecular formula is C14H17ClO4. The second kappa shape index (κ2) is 7.28. The molecule has 0 amide bonds. The van der Waals surface area contributed by atoms with Crippen molar-refractivity contribution in [3.8, 4) is 0 Å². The molecule has 1 aliphatic rings. The highest BCUT2D eigenvalue weighted by Crippen LogP contribution is 2.26. The predicted octanol–water partition coefficient (Wildman–Crippen LogP) is 3.04. The van der Waals surface area contributed by atoms with Crippen LogP contribution in [0.25, 0.3) is 0 Å². The van der Waals surface area contributed by atoms with Crippen LogP contribution in [0.2, 0.25) is 0 Å². The van der Waals surface area contributed by atoms with Gasteiger partial charge < -0.3 is 14.6 Å². The summed E-state index contributed by atoms with van der Waals surface area (Å²) < 4.78 is 11.2. The van der Waals surface area contributed by atoms with E-state index in [2.05, 4.69) is 6.58 Å². The number of rotatable bonds is 4. The van der Waals surface area contributed by atoms with Gasteiger partial charge in [-0.25, -0.2) is 4.79 Å². The molecule has 0 bridgehead atoms. The quantitative estimate of drug-likeness (QED) is 0.864.